The van der Waals surface area contributed by atoms with Crippen molar-refractivity contribution in [1.82, 2.24) is 20.2 Å². The van der Waals surface area contributed by atoms with Crippen LogP contribution in [0.3, 0.4) is 0 Å². The third-order valence-electron chi connectivity index (χ3n) is 4.37. The number of carbonyl (C=O) groups is 1. The highest BCUT2D eigenvalue weighted by molar-refractivity contribution is 8.00. The zero-order chi connectivity index (χ0) is 18.7. The number of amides is 1. The Morgan fingerprint density at radius 2 is 2.08 bits per heavy atom. The van der Waals surface area contributed by atoms with Crippen molar-refractivity contribution < 1.29 is 4.79 Å². The molecule has 1 atom stereocenters. The molecule has 2 heterocycles. The van der Waals surface area contributed by atoms with Crippen molar-refractivity contribution in [3.05, 3.63) is 16.0 Å². The lowest BCUT2D eigenvalue weighted by Gasteiger charge is -2.12. The number of tetrazole rings is 1. The van der Waals surface area contributed by atoms with E-state index in [1.165, 1.54) is 23.1 Å². The van der Waals surface area contributed by atoms with Gasteiger partial charge >= 0.3 is 0 Å². The first-order chi connectivity index (χ1) is 12.5. The maximum Gasteiger partial charge on any atom is 0.238 e. The molecule has 0 saturated carbocycles. The number of fused-ring (bicyclic) bond motifs is 1. The molecule has 138 valence electrons. The van der Waals surface area contributed by atoms with E-state index in [1.807, 2.05) is 20.8 Å². The molecule has 1 aliphatic rings. The Labute approximate surface area is 161 Å². The topological polar surface area (TPSA) is 96.5 Å². The van der Waals surface area contributed by atoms with E-state index in [4.69, 9.17) is 0 Å². The van der Waals surface area contributed by atoms with E-state index < -0.39 is 0 Å². The lowest BCUT2D eigenvalue weighted by atomic mass is 10.1. The first-order valence-electron chi connectivity index (χ1n) is 8.81. The number of hydrogen-bond donors (Lipinski definition) is 1. The van der Waals surface area contributed by atoms with Crippen molar-refractivity contribution >= 4 is 34.0 Å². The van der Waals surface area contributed by atoms with Crippen molar-refractivity contribution in [3.63, 3.8) is 0 Å². The molecule has 9 heteroatoms. The molecular weight excluding hydrogens is 368 g/mol. The van der Waals surface area contributed by atoms with Crippen LogP contribution in [0.15, 0.2) is 5.16 Å². The summed E-state index contributed by atoms with van der Waals surface area (Å²) in [4.78, 5) is 13.9. The minimum absolute atomic E-state index is 0.126. The highest BCUT2D eigenvalue weighted by Gasteiger charge is 2.24. The zero-order valence-electron chi connectivity index (χ0n) is 15.2. The number of anilines is 1. The number of thioether (sulfide) groups is 1. The summed E-state index contributed by atoms with van der Waals surface area (Å²) in [6.07, 6.45) is 5.38. The molecule has 3 rings (SSSR count). The number of nitrogens with zero attached hydrogens (tertiary/aromatic N) is 5. The third-order valence-corrected chi connectivity index (χ3v) is 6.63. The molecule has 1 N–H and O–H groups in total. The van der Waals surface area contributed by atoms with Gasteiger partial charge in [0.1, 0.15) is 11.1 Å². The minimum atomic E-state index is -0.369. The fourth-order valence-electron chi connectivity index (χ4n) is 2.96. The van der Waals surface area contributed by atoms with E-state index in [2.05, 4.69) is 26.9 Å². The van der Waals surface area contributed by atoms with Crippen molar-refractivity contribution in [1.29, 1.82) is 5.26 Å². The standard InChI is InChI=1S/C17H22N6OS2/c1-10(2)23-17(20-21-22-23)25-11(3)15(24)19-16-13(9-18)12-7-5-4-6-8-14(12)26-16/h10-11H,4-8H2,1-3H3,(H,19,24). The number of nitriles is 1. The highest BCUT2D eigenvalue weighted by Crippen LogP contribution is 2.37. The summed E-state index contributed by atoms with van der Waals surface area (Å²) in [7, 11) is 0. The molecule has 0 saturated heterocycles. The van der Waals surface area contributed by atoms with E-state index in [1.54, 1.807) is 16.0 Å². The van der Waals surface area contributed by atoms with Crippen LogP contribution in [0.4, 0.5) is 5.00 Å². The van der Waals surface area contributed by atoms with Gasteiger partial charge in [0, 0.05) is 4.88 Å². The monoisotopic (exact) mass is 390 g/mol. The molecule has 1 unspecified atom stereocenters. The van der Waals surface area contributed by atoms with Crippen molar-refractivity contribution in [2.75, 3.05) is 5.32 Å². The van der Waals surface area contributed by atoms with Crippen LogP contribution >= 0.6 is 23.1 Å². The van der Waals surface area contributed by atoms with Gasteiger partial charge in [-0.25, -0.2) is 4.68 Å². The maximum absolute atomic E-state index is 12.7. The van der Waals surface area contributed by atoms with E-state index in [0.29, 0.717) is 15.7 Å². The predicted octanol–water partition coefficient (Wildman–Crippen LogP) is 3.58. The van der Waals surface area contributed by atoms with Gasteiger partial charge in [-0.2, -0.15) is 5.26 Å². The van der Waals surface area contributed by atoms with E-state index in [9.17, 15) is 10.1 Å². The van der Waals surface area contributed by atoms with Gasteiger partial charge in [-0.15, -0.1) is 16.4 Å². The van der Waals surface area contributed by atoms with Crippen LogP contribution in [0.2, 0.25) is 0 Å². The quantitative estimate of drug-likeness (QED) is 0.619. The van der Waals surface area contributed by atoms with Gasteiger partial charge in [-0.05, 0) is 62.4 Å². The van der Waals surface area contributed by atoms with Crippen LogP contribution in [-0.4, -0.2) is 31.4 Å². The van der Waals surface area contributed by atoms with Crippen LogP contribution in [-0.2, 0) is 17.6 Å². The number of nitrogens with one attached hydrogen (secondary N) is 1. The molecule has 1 amide bonds. The number of aryl methyl sites for hydroxylation is 1. The smallest absolute Gasteiger partial charge is 0.238 e. The summed E-state index contributed by atoms with van der Waals surface area (Å²) in [5.41, 5.74) is 1.78. The molecular formula is C17H22N6OS2. The largest absolute Gasteiger partial charge is 0.316 e. The molecule has 7 nitrogen and oxygen atoms in total. The van der Waals surface area contributed by atoms with Crippen molar-refractivity contribution in [2.24, 2.45) is 0 Å². The zero-order valence-corrected chi connectivity index (χ0v) is 16.8. The second kappa shape index (κ2) is 8.18. The number of aromatic nitrogens is 4. The number of hydrogen-bond acceptors (Lipinski definition) is 7. The number of rotatable bonds is 5. The normalized spacial score (nSPS) is 15.2. The fraction of sp³-hybridized carbons (Fsp3) is 0.588. The molecule has 1 aliphatic carbocycles. The number of thiophene rings is 1. The molecule has 2 aromatic heterocycles. The lowest BCUT2D eigenvalue weighted by molar-refractivity contribution is -0.115. The molecule has 0 radical (unpaired) electrons. The van der Waals surface area contributed by atoms with E-state index >= 15 is 0 Å². The molecule has 2 aromatic rings. The fourth-order valence-corrected chi connectivity index (χ4v) is 5.13. The predicted molar refractivity (Wildman–Crippen MR) is 102 cm³/mol. The Hall–Kier alpha value is -1.92. The van der Waals surface area contributed by atoms with Gasteiger partial charge in [-0.3, -0.25) is 4.79 Å². The summed E-state index contributed by atoms with van der Waals surface area (Å²) in [6, 6.07) is 2.42. The van der Waals surface area contributed by atoms with Gasteiger partial charge in [0.25, 0.3) is 0 Å². The summed E-state index contributed by atoms with van der Waals surface area (Å²) >= 11 is 2.87. The van der Waals surface area contributed by atoms with Crippen LogP contribution in [0, 0.1) is 11.3 Å². The first-order valence-corrected chi connectivity index (χ1v) is 10.5. The molecule has 0 aromatic carbocycles. The Bertz CT molecular complexity index is 835. The minimum Gasteiger partial charge on any atom is -0.316 e. The van der Waals surface area contributed by atoms with Gasteiger partial charge in [0.05, 0.1) is 16.9 Å². The average Bonchev–Trinajstić information content (AvgIpc) is 3.12. The summed E-state index contributed by atoms with van der Waals surface area (Å²) < 4.78 is 1.70. The van der Waals surface area contributed by atoms with E-state index in [0.717, 1.165) is 31.2 Å². The number of carbonyl (C=O) groups excluding carboxylic acids is 1. The average molecular weight is 391 g/mol. The van der Waals surface area contributed by atoms with Crippen LogP contribution in [0.5, 0.6) is 0 Å². The second-order valence-corrected chi connectivity index (χ2v) is 9.04. The Morgan fingerprint density at radius 1 is 1.31 bits per heavy atom. The summed E-state index contributed by atoms with van der Waals surface area (Å²) in [6.45, 7) is 5.80. The SMILES string of the molecule is CC(Sc1nnnn1C(C)C)C(=O)Nc1sc2c(c1C#N)CCCCC2. The Kier molecular flexibility index (Phi) is 5.94. The van der Waals surface area contributed by atoms with E-state index in [-0.39, 0.29) is 17.2 Å². The van der Waals surface area contributed by atoms with Gasteiger partial charge in [0.2, 0.25) is 11.1 Å². The summed E-state index contributed by atoms with van der Waals surface area (Å²) in [5, 5.41) is 25.1. The van der Waals surface area contributed by atoms with Crippen molar-refractivity contribution in [3.8, 4) is 6.07 Å². The molecule has 0 aliphatic heterocycles. The van der Waals surface area contributed by atoms with Crippen LogP contribution in [0.1, 0.15) is 62.1 Å². The Balaban J connectivity index is 1.73. The molecule has 0 fully saturated rings. The Morgan fingerprint density at radius 3 is 2.81 bits per heavy atom. The third kappa shape index (κ3) is 3.91. The lowest BCUT2D eigenvalue weighted by Crippen LogP contribution is -2.23. The maximum atomic E-state index is 12.7. The van der Waals surface area contributed by atoms with Gasteiger partial charge < -0.3 is 5.32 Å². The summed E-state index contributed by atoms with van der Waals surface area (Å²) in [5.74, 6) is -0.138. The van der Waals surface area contributed by atoms with Gasteiger partial charge in [-0.1, -0.05) is 18.2 Å². The molecule has 0 bridgehead atoms. The molecule has 26 heavy (non-hydrogen) atoms. The van der Waals surface area contributed by atoms with Gasteiger partial charge in [0.15, 0.2) is 0 Å². The second-order valence-electron chi connectivity index (χ2n) is 6.63. The first kappa shape index (κ1) is 18.9. The van der Waals surface area contributed by atoms with Crippen LogP contribution < -0.4 is 5.32 Å². The molecule has 0 spiro atoms. The van der Waals surface area contributed by atoms with Crippen molar-refractivity contribution in [2.45, 2.75) is 69.3 Å². The van der Waals surface area contributed by atoms with Crippen LogP contribution in [0.25, 0.3) is 0 Å². The highest BCUT2D eigenvalue weighted by atomic mass is 32.2.